The zero-order valence-corrected chi connectivity index (χ0v) is 15.1. The van der Waals surface area contributed by atoms with Gasteiger partial charge in [0.2, 0.25) is 0 Å². The molecular weight excluding hydrogens is 326 g/mol. The maximum atomic E-state index is 6.19. The van der Waals surface area contributed by atoms with Crippen LogP contribution in [-0.4, -0.2) is 18.7 Å². The summed E-state index contributed by atoms with van der Waals surface area (Å²) in [6, 6.07) is 8.49. The van der Waals surface area contributed by atoms with Gasteiger partial charge >= 0.3 is 0 Å². The second-order valence-corrected chi connectivity index (χ2v) is 8.04. The van der Waals surface area contributed by atoms with Crippen LogP contribution in [-0.2, 0) is 4.74 Å². The van der Waals surface area contributed by atoms with Crippen LogP contribution in [0.25, 0.3) is 0 Å². The third-order valence-electron chi connectivity index (χ3n) is 4.13. The Morgan fingerprint density at radius 3 is 2.43 bits per heavy atom. The van der Waals surface area contributed by atoms with Crippen molar-refractivity contribution in [3.05, 3.63) is 34.3 Å². The molecule has 3 heteroatoms. The van der Waals surface area contributed by atoms with Crippen LogP contribution in [0.15, 0.2) is 28.7 Å². The first kappa shape index (κ1) is 17.0. The van der Waals surface area contributed by atoms with E-state index in [0.717, 1.165) is 23.5 Å². The predicted molar refractivity (Wildman–Crippen MR) is 92.5 cm³/mol. The Balaban J connectivity index is 1.90. The van der Waals surface area contributed by atoms with Crippen LogP contribution in [0, 0.1) is 5.92 Å². The second kappa shape index (κ2) is 7.75. The number of halogens is 1. The Hall–Kier alpha value is -0.380. The Morgan fingerprint density at radius 1 is 1.24 bits per heavy atom. The first-order valence-electron chi connectivity index (χ1n) is 8.06. The summed E-state index contributed by atoms with van der Waals surface area (Å²) in [5.41, 5.74) is 1.37. The highest BCUT2D eigenvalue weighted by molar-refractivity contribution is 9.10. The van der Waals surface area contributed by atoms with Gasteiger partial charge in [-0.15, -0.1) is 0 Å². The molecular formula is C18H28BrNO. The van der Waals surface area contributed by atoms with Gasteiger partial charge in [-0.05, 0) is 50.8 Å². The van der Waals surface area contributed by atoms with E-state index in [2.05, 4.69) is 66.3 Å². The molecule has 1 aromatic rings. The molecule has 1 aliphatic carbocycles. The number of hydrogen-bond donors (Lipinski definition) is 1. The first-order chi connectivity index (χ1) is 9.94. The van der Waals surface area contributed by atoms with Crippen molar-refractivity contribution in [2.75, 3.05) is 13.2 Å². The molecule has 1 N–H and O–H groups in total. The molecule has 118 valence electrons. The Morgan fingerprint density at radius 2 is 1.90 bits per heavy atom. The van der Waals surface area contributed by atoms with Crippen LogP contribution in [0.4, 0.5) is 0 Å². The van der Waals surface area contributed by atoms with Crippen molar-refractivity contribution in [2.45, 2.75) is 58.1 Å². The van der Waals surface area contributed by atoms with Gasteiger partial charge in [0, 0.05) is 23.2 Å². The average molecular weight is 354 g/mol. The summed E-state index contributed by atoms with van der Waals surface area (Å²) in [5, 5.41) is 3.56. The molecule has 0 spiro atoms. The summed E-state index contributed by atoms with van der Waals surface area (Å²) in [4.78, 5) is 0. The molecule has 2 nitrogen and oxygen atoms in total. The fraction of sp³-hybridized carbons (Fsp3) is 0.667. The molecule has 1 fully saturated rings. The molecule has 1 unspecified atom stereocenters. The van der Waals surface area contributed by atoms with Crippen LogP contribution < -0.4 is 5.32 Å². The maximum Gasteiger partial charge on any atom is 0.0949 e. The summed E-state index contributed by atoms with van der Waals surface area (Å²) < 4.78 is 7.31. The number of hydrogen-bond acceptors (Lipinski definition) is 2. The Bertz CT molecular complexity index is 420. The highest BCUT2D eigenvalue weighted by Gasteiger charge is 2.20. The molecule has 2 rings (SSSR count). The monoisotopic (exact) mass is 353 g/mol. The first-order valence-corrected chi connectivity index (χ1v) is 8.85. The SMILES string of the molecule is CC(C)(C)NCC(OCCC1CCC1)c1ccc(Br)cc1. The summed E-state index contributed by atoms with van der Waals surface area (Å²) >= 11 is 3.50. The third-order valence-corrected chi connectivity index (χ3v) is 4.66. The molecule has 0 aliphatic heterocycles. The molecule has 1 atom stereocenters. The maximum absolute atomic E-state index is 6.19. The molecule has 0 amide bonds. The van der Waals surface area contributed by atoms with Gasteiger partial charge in [0.25, 0.3) is 0 Å². The number of benzene rings is 1. The third kappa shape index (κ3) is 6.09. The van der Waals surface area contributed by atoms with E-state index in [1.807, 2.05) is 0 Å². The summed E-state index contributed by atoms with van der Waals surface area (Å²) in [5.74, 6) is 0.908. The summed E-state index contributed by atoms with van der Waals surface area (Å²) in [6.07, 6.45) is 5.55. The van der Waals surface area contributed by atoms with Gasteiger partial charge < -0.3 is 10.1 Å². The minimum atomic E-state index is 0.116. The van der Waals surface area contributed by atoms with Crippen molar-refractivity contribution in [1.82, 2.24) is 5.32 Å². The van der Waals surface area contributed by atoms with Crippen LogP contribution in [0.5, 0.6) is 0 Å². The van der Waals surface area contributed by atoms with E-state index in [4.69, 9.17) is 4.74 Å². The smallest absolute Gasteiger partial charge is 0.0949 e. The molecule has 0 radical (unpaired) electrons. The second-order valence-electron chi connectivity index (χ2n) is 7.13. The number of rotatable bonds is 7. The molecule has 0 aromatic heterocycles. The van der Waals surface area contributed by atoms with E-state index < -0.39 is 0 Å². The normalized spacial score (nSPS) is 17.5. The minimum absolute atomic E-state index is 0.116. The summed E-state index contributed by atoms with van der Waals surface area (Å²) in [7, 11) is 0. The van der Waals surface area contributed by atoms with Crippen LogP contribution >= 0.6 is 15.9 Å². The van der Waals surface area contributed by atoms with E-state index in [0.29, 0.717) is 0 Å². The number of ether oxygens (including phenoxy) is 1. The van der Waals surface area contributed by atoms with E-state index in [-0.39, 0.29) is 11.6 Å². The van der Waals surface area contributed by atoms with Crippen molar-refractivity contribution in [2.24, 2.45) is 5.92 Å². The van der Waals surface area contributed by atoms with Gasteiger partial charge in [-0.25, -0.2) is 0 Å². The van der Waals surface area contributed by atoms with E-state index in [1.165, 1.54) is 31.2 Å². The van der Waals surface area contributed by atoms with Crippen LogP contribution in [0.3, 0.4) is 0 Å². The van der Waals surface area contributed by atoms with E-state index in [9.17, 15) is 0 Å². The lowest BCUT2D eigenvalue weighted by Crippen LogP contribution is -2.39. The lowest BCUT2D eigenvalue weighted by molar-refractivity contribution is 0.0336. The van der Waals surface area contributed by atoms with Crippen molar-refractivity contribution in [3.8, 4) is 0 Å². The molecule has 1 saturated carbocycles. The standard InChI is InChI=1S/C18H28BrNO/c1-18(2,3)20-13-17(15-7-9-16(19)10-8-15)21-12-11-14-5-4-6-14/h7-10,14,17,20H,4-6,11-13H2,1-3H3. The highest BCUT2D eigenvalue weighted by atomic mass is 79.9. The van der Waals surface area contributed by atoms with Gasteiger partial charge in [-0.2, -0.15) is 0 Å². The van der Waals surface area contributed by atoms with Crippen LogP contribution in [0.2, 0.25) is 0 Å². The molecule has 21 heavy (non-hydrogen) atoms. The van der Waals surface area contributed by atoms with E-state index >= 15 is 0 Å². The Labute approximate surface area is 137 Å². The molecule has 0 saturated heterocycles. The van der Waals surface area contributed by atoms with Gasteiger partial charge in [0.1, 0.15) is 0 Å². The molecule has 0 bridgehead atoms. The van der Waals surface area contributed by atoms with Crippen molar-refractivity contribution >= 4 is 15.9 Å². The van der Waals surface area contributed by atoms with Crippen LogP contribution in [0.1, 0.15) is 58.1 Å². The lowest BCUT2D eigenvalue weighted by atomic mass is 9.83. The van der Waals surface area contributed by atoms with Gasteiger partial charge in [0.05, 0.1) is 6.10 Å². The average Bonchev–Trinajstić information content (AvgIpc) is 2.36. The fourth-order valence-electron chi connectivity index (χ4n) is 2.51. The molecule has 0 heterocycles. The zero-order chi connectivity index (χ0) is 15.3. The molecule has 1 aromatic carbocycles. The van der Waals surface area contributed by atoms with Gasteiger partial charge in [-0.3, -0.25) is 0 Å². The minimum Gasteiger partial charge on any atom is -0.372 e. The van der Waals surface area contributed by atoms with Crippen molar-refractivity contribution < 1.29 is 4.74 Å². The van der Waals surface area contributed by atoms with Gasteiger partial charge in [0.15, 0.2) is 0 Å². The van der Waals surface area contributed by atoms with E-state index in [1.54, 1.807) is 0 Å². The number of nitrogens with one attached hydrogen (secondary N) is 1. The highest BCUT2D eigenvalue weighted by Crippen LogP contribution is 2.30. The molecule has 1 aliphatic rings. The topological polar surface area (TPSA) is 21.3 Å². The summed E-state index contributed by atoms with van der Waals surface area (Å²) in [6.45, 7) is 8.31. The largest absolute Gasteiger partial charge is 0.372 e. The predicted octanol–water partition coefficient (Wildman–Crippen LogP) is 5.09. The quantitative estimate of drug-likeness (QED) is 0.737. The van der Waals surface area contributed by atoms with Crippen molar-refractivity contribution in [3.63, 3.8) is 0 Å². The van der Waals surface area contributed by atoms with Gasteiger partial charge in [-0.1, -0.05) is 47.3 Å². The Kier molecular flexibility index (Phi) is 6.27. The zero-order valence-electron chi connectivity index (χ0n) is 13.5. The lowest BCUT2D eigenvalue weighted by Gasteiger charge is -2.28. The van der Waals surface area contributed by atoms with Crippen molar-refractivity contribution in [1.29, 1.82) is 0 Å². The fourth-order valence-corrected chi connectivity index (χ4v) is 2.77.